The van der Waals surface area contributed by atoms with Crippen molar-refractivity contribution in [1.82, 2.24) is 4.98 Å². The molecule has 1 unspecified atom stereocenters. The van der Waals surface area contributed by atoms with Gasteiger partial charge in [-0.05, 0) is 29.9 Å². The Balaban J connectivity index is 2.37. The first-order chi connectivity index (χ1) is 12.9. The topological polar surface area (TPSA) is 62.3 Å². The largest absolute Gasteiger partial charge is 0.481 e. The van der Waals surface area contributed by atoms with E-state index in [1.807, 2.05) is 25.1 Å². The zero-order chi connectivity index (χ0) is 20.9. The molecule has 4 nitrogen and oxygen atoms in total. The maximum absolute atomic E-state index is 11.7. The van der Waals surface area contributed by atoms with Crippen molar-refractivity contribution in [2.75, 3.05) is 6.61 Å². The number of hydrogen-bond acceptors (Lipinski definition) is 2. The van der Waals surface area contributed by atoms with Crippen LogP contribution >= 0.6 is 0 Å². The van der Waals surface area contributed by atoms with Crippen molar-refractivity contribution >= 4 is 16.9 Å². The molecule has 1 aromatic carbocycles. The Kier molecular flexibility index (Phi) is 2.31. The summed E-state index contributed by atoms with van der Waals surface area (Å²) in [6, 6.07) is 5.68. The van der Waals surface area contributed by atoms with Crippen molar-refractivity contribution in [2.24, 2.45) is 5.92 Å². The molecule has 1 aliphatic rings. The van der Waals surface area contributed by atoms with Gasteiger partial charge in [0.15, 0.2) is 0 Å². The summed E-state index contributed by atoms with van der Waals surface area (Å²) in [4.78, 5) is 14.9. The van der Waals surface area contributed by atoms with E-state index in [1.54, 1.807) is 0 Å². The van der Waals surface area contributed by atoms with Crippen LogP contribution in [0.2, 0.25) is 0 Å². The van der Waals surface area contributed by atoms with Crippen molar-refractivity contribution in [2.45, 2.75) is 45.5 Å². The third-order valence-electron chi connectivity index (χ3n) is 4.42. The minimum atomic E-state index is -2.94. The monoisotopic (exact) mass is 307 g/mol. The van der Waals surface area contributed by atoms with Gasteiger partial charge in [-0.1, -0.05) is 38.8 Å². The van der Waals surface area contributed by atoms with Crippen LogP contribution < -0.4 is 0 Å². The molecular weight excluding hydrogens is 278 g/mol. The van der Waals surface area contributed by atoms with Gasteiger partial charge >= 0.3 is 5.97 Å². The van der Waals surface area contributed by atoms with E-state index < -0.39 is 37.6 Å². The lowest BCUT2D eigenvalue weighted by Crippen LogP contribution is -2.42. The molecule has 0 spiro atoms. The number of fused-ring (bicyclic) bond motifs is 3. The van der Waals surface area contributed by atoms with E-state index in [0.717, 1.165) is 22.0 Å². The number of aromatic amines is 1. The minimum Gasteiger partial charge on any atom is -0.481 e. The normalized spacial score (nSPS) is 26.5. The van der Waals surface area contributed by atoms with Crippen molar-refractivity contribution in [3.05, 3.63) is 35.0 Å². The first kappa shape index (κ1) is 9.36. The summed E-state index contributed by atoms with van der Waals surface area (Å²) in [6.45, 7) is -3.87. The predicted molar refractivity (Wildman–Crippen MR) is 86.1 cm³/mol. The molecule has 2 aromatic rings. The molecule has 0 aliphatic carbocycles. The zero-order valence-corrected chi connectivity index (χ0v) is 12.4. The number of benzene rings is 1. The van der Waals surface area contributed by atoms with Gasteiger partial charge in [0.05, 0.1) is 18.7 Å². The maximum Gasteiger partial charge on any atom is 0.306 e. The highest BCUT2D eigenvalue weighted by atomic mass is 16.5. The second kappa shape index (κ2) is 5.43. The fraction of sp³-hybridized carbons (Fsp3) is 0.500. The van der Waals surface area contributed by atoms with E-state index >= 15 is 0 Å². The van der Waals surface area contributed by atoms with Crippen LogP contribution in [0.15, 0.2) is 18.2 Å². The van der Waals surface area contributed by atoms with E-state index in [1.165, 1.54) is 0 Å². The summed E-state index contributed by atoms with van der Waals surface area (Å²) >= 11 is 0. The quantitative estimate of drug-likeness (QED) is 0.906. The van der Waals surface area contributed by atoms with Crippen LogP contribution in [0, 0.1) is 5.92 Å². The first-order valence-electron chi connectivity index (χ1n) is 10.4. The molecule has 2 N–H and O–H groups in total. The number of ether oxygens (including phenoxy) is 1. The van der Waals surface area contributed by atoms with Crippen LogP contribution in [-0.4, -0.2) is 22.7 Å². The average molecular weight is 307 g/mol. The molecule has 22 heavy (non-hydrogen) atoms. The lowest BCUT2D eigenvalue weighted by atomic mass is 9.80. The van der Waals surface area contributed by atoms with Gasteiger partial charge in [-0.3, -0.25) is 4.79 Å². The Morgan fingerprint density at radius 3 is 3.05 bits per heavy atom. The van der Waals surface area contributed by atoms with Gasteiger partial charge in [-0.25, -0.2) is 0 Å². The highest BCUT2D eigenvalue weighted by molar-refractivity contribution is 5.88. The summed E-state index contributed by atoms with van der Waals surface area (Å²) in [6.07, 6.45) is 0.403. The van der Waals surface area contributed by atoms with E-state index in [9.17, 15) is 9.90 Å². The van der Waals surface area contributed by atoms with Crippen molar-refractivity contribution in [1.29, 1.82) is 0 Å². The standard InChI is InChI=1S/C18H23NO3/c1-4-12-6-5-7-13-14-8-9-22-18(11(2)3,10-15(20)21)17(14)19-16(12)13/h5-7,11,19H,4,8-10H2,1-3H3,(H,20,21)/i2D3,3D3. The summed E-state index contributed by atoms with van der Waals surface area (Å²) in [5.74, 6) is -3.30. The highest BCUT2D eigenvalue weighted by Crippen LogP contribution is 2.44. The van der Waals surface area contributed by atoms with Gasteiger partial charge in [0.1, 0.15) is 5.60 Å². The lowest BCUT2D eigenvalue weighted by Gasteiger charge is -2.39. The lowest BCUT2D eigenvalue weighted by molar-refractivity contribution is -0.154. The summed E-state index contributed by atoms with van der Waals surface area (Å²) in [7, 11) is 0. The van der Waals surface area contributed by atoms with E-state index in [4.69, 9.17) is 13.0 Å². The van der Waals surface area contributed by atoms with Gasteiger partial charge in [0.25, 0.3) is 0 Å². The molecule has 1 aromatic heterocycles. The van der Waals surface area contributed by atoms with Crippen LogP contribution in [0.5, 0.6) is 0 Å². The SMILES string of the molecule is [2H]C([2H])([2H])C(C([2H])([2H])[2H])C1(CC(=O)O)OCCc2c1[nH]c1c(CC)cccc21. The first-order valence-corrected chi connectivity index (χ1v) is 7.40. The fourth-order valence-corrected chi connectivity index (χ4v) is 3.35. The number of carbonyl (C=O) groups is 1. The van der Waals surface area contributed by atoms with Gasteiger partial charge in [0, 0.05) is 19.1 Å². The Bertz CT molecular complexity index is 887. The molecule has 0 amide bonds. The molecule has 0 radical (unpaired) electrons. The molecule has 0 saturated heterocycles. The molecule has 3 rings (SSSR count). The van der Waals surface area contributed by atoms with Gasteiger partial charge in [-0.2, -0.15) is 0 Å². The fourth-order valence-electron chi connectivity index (χ4n) is 3.35. The van der Waals surface area contributed by atoms with E-state index in [-0.39, 0.29) is 12.3 Å². The van der Waals surface area contributed by atoms with Crippen molar-refractivity contribution in [3.8, 4) is 0 Å². The number of carboxylic acid groups (broad SMARTS) is 1. The number of rotatable bonds is 4. The van der Waals surface area contributed by atoms with Crippen molar-refractivity contribution in [3.63, 3.8) is 0 Å². The van der Waals surface area contributed by atoms with Gasteiger partial charge < -0.3 is 14.8 Å². The second-order valence-corrected chi connectivity index (χ2v) is 5.66. The maximum atomic E-state index is 11.7. The number of carboxylic acids is 1. The Hall–Kier alpha value is -1.81. The van der Waals surface area contributed by atoms with Gasteiger partial charge in [0.2, 0.25) is 0 Å². The molecule has 0 bridgehead atoms. The number of aromatic nitrogens is 1. The summed E-state index contributed by atoms with van der Waals surface area (Å²) in [5, 5.41) is 10.4. The van der Waals surface area contributed by atoms with E-state index in [2.05, 4.69) is 4.98 Å². The van der Waals surface area contributed by atoms with Gasteiger partial charge in [-0.15, -0.1) is 0 Å². The number of H-pyrrole nitrogens is 1. The van der Waals surface area contributed by atoms with Crippen LogP contribution in [0.1, 0.15) is 52.1 Å². The summed E-state index contributed by atoms with van der Waals surface area (Å²) in [5.41, 5.74) is 0.742. The zero-order valence-electron chi connectivity index (χ0n) is 18.4. The molecule has 0 fully saturated rings. The Morgan fingerprint density at radius 2 is 2.36 bits per heavy atom. The number of aliphatic carboxylic acids is 1. The smallest absolute Gasteiger partial charge is 0.306 e. The molecule has 1 aliphatic heterocycles. The number of aryl methyl sites for hydroxylation is 1. The Morgan fingerprint density at radius 1 is 1.55 bits per heavy atom. The molecule has 2 heterocycles. The molecule has 118 valence electrons. The van der Waals surface area contributed by atoms with E-state index in [0.29, 0.717) is 12.8 Å². The molecular formula is C18H23NO3. The molecule has 4 heteroatoms. The predicted octanol–water partition coefficient (Wildman–Crippen LogP) is 3.63. The molecule has 0 saturated carbocycles. The number of nitrogens with one attached hydrogen (secondary N) is 1. The minimum absolute atomic E-state index is 0.0479. The number of para-hydroxylation sites is 1. The molecule has 1 atom stereocenters. The van der Waals surface area contributed by atoms with Crippen LogP contribution in [0.25, 0.3) is 10.9 Å². The second-order valence-electron chi connectivity index (χ2n) is 5.66. The number of hydrogen-bond donors (Lipinski definition) is 2. The van der Waals surface area contributed by atoms with Crippen molar-refractivity contribution < 1.29 is 22.9 Å². The van der Waals surface area contributed by atoms with Crippen LogP contribution in [-0.2, 0) is 28.0 Å². The Labute approximate surface area is 138 Å². The third-order valence-corrected chi connectivity index (χ3v) is 4.42. The summed E-state index contributed by atoms with van der Waals surface area (Å²) < 4.78 is 53.1. The third kappa shape index (κ3) is 2.13. The highest BCUT2D eigenvalue weighted by Gasteiger charge is 2.44. The van der Waals surface area contributed by atoms with Crippen LogP contribution in [0.4, 0.5) is 0 Å². The van der Waals surface area contributed by atoms with Crippen LogP contribution in [0.3, 0.4) is 0 Å². The average Bonchev–Trinajstić information content (AvgIpc) is 2.92.